The highest BCUT2D eigenvalue weighted by atomic mass is 19.1. The van der Waals surface area contributed by atoms with Crippen LogP contribution in [-0.4, -0.2) is 25.8 Å². The molecule has 0 saturated heterocycles. The van der Waals surface area contributed by atoms with Crippen molar-refractivity contribution in [3.63, 3.8) is 0 Å². The number of hydrogen-bond donors (Lipinski definition) is 1. The van der Waals surface area contributed by atoms with Crippen LogP contribution in [0, 0.1) is 5.82 Å². The number of nitrogens with one attached hydrogen (secondary N) is 1. The molecular formula is C18H18FN5O. The topological polar surface area (TPSA) is 72.7 Å². The minimum absolute atomic E-state index is 0.0591. The maximum absolute atomic E-state index is 13.5. The van der Waals surface area contributed by atoms with Crippen molar-refractivity contribution in [1.82, 2.24) is 19.7 Å². The number of rotatable bonds is 3. The molecule has 0 radical (unpaired) electrons. The van der Waals surface area contributed by atoms with E-state index >= 15 is 0 Å². The maximum Gasteiger partial charge on any atom is 0.266 e. The smallest absolute Gasteiger partial charge is 0.266 e. The van der Waals surface area contributed by atoms with Crippen LogP contribution in [0.15, 0.2) is 47.7 Å². The van der Waals surface area contributed by atoms with Gasteiger partial charge in [0.05, 0.1) is 11.6 Å². The SMILES string of the molecule is O=c1cccnn1C1CCC(Nc2ncnc3ccc(F)cc23)CC1. The summed E-state index contributed by atoms with van der Waals surface area (Å²) in [6.07, 6.45) is 6.66. The molecule has 6 nitrogen and oxygen atoms in total. The summed E-state index contributed by atoms with van der Waals surface area (Å²) in [6.45, 7) is 0. The quantitative estimate of drug-likeness (QED) is 0.794. The first-order chi connectivity index (χ1) is 12.2. The summed E-state index contributed by atoms with van der Waals surface area (Å²) in [4.78, 5) is 20.4. The van der Waals surface area contributed by atoms with Gasteiger partial charge in [-0.2, -0.15) is 5.10 Å². The molecule has 0 atom stereocenters. The third kappa shape index (κ3) is 3.22. The summed E-state index contributed by atoms with van der Waals surface area (Å²) in [5.41, 5.74) is 0.656. The highest BCUT2D eigenvalue weighted by Crippen LogP contribution is 2.30. The Morgan fingerprint density at radius 1 is 1.12 bits per heavy atom. The molecule has 1 saturated carbocycles. The fourth-order valence-electron chi connectivity index (χ4n) is 3.45. The van der Waals surface area contributed by atoms with Gasteiger partial charge in [-0.3, -0.25) is 4.79 Å². The van der Waals surface area contributed by atoms with Gasteiger partial charge in [0.2, 0.25) is 0 Å². The summed E-state index contributed by atoms with van der Waals surface area (Å²) < 4.78 is 15.1. The Balaban J connectivity index is 1.48. The molecule has 2 aromatic heterocycles. The molecule has 4 rings (SSSR count). The predicted octanol–water partition coefficient (Wildman–Crippen LogP) is 2.92. The fourth-order valence-corrected chi connectivity index (χ4v) is 3.45. The molecule has 7 heteroatoms. The first-order valence-electron chi connectivity index (χ1n) is 8.41. The van der Waals surface area contributed by atoms with Crippen molar-refractivity contribution in [3.8, 4) is 0 Å². The third-order valence-electron chi connectivity index (χ3n) is 4.72. The number of anilines is 1. The van der Waals surface area contributed by atoms with E-state index in [-0.39, 0.29) is 23.5 Å². The van der Waals surface area contributed by atoms with Crippen LogP contribution in [0.1, 0.15) is 31.7 Å². The Kier molecular flexibility index (Phi) is 4.13. The second-order valence-corrected chi connectivity index (χ2v) is 6.34. The van der Waals surface area contributed by atoms with Crippen molar-refractivity contribution >= 4 is 16.7 Å². The molecule has 25 heavy (non-hydrogen) atoms. The van der Waals surface area contributed by atoms with Gasteiger partial charge in [-0.25, -0.2) is 19.0 Å². The van der Waals surface area contributed by atoms with Crippen LogP contribution in [0.4, 0.5) is 10.2 Å². The maximum atomic E-state index is 13.5. The van der Waals surface area contributed by atoms with Crippen LogP contribution >= 0.6 is 0 Å². The van der Waals surface area contributed by atoms with E-state index in [1.54, 1.807) is 29.1 Å². The highest BCUT2D eigenvalue weighted by molar-refractivity contribution is 5.88. The largest absolute Gasteiger partial charge is 0.367 e. The van der Waals surface area contributed by atoms with Gasteiger partial charge in [-0.15, -0.1) is 0 Å². The lowest BCUT2D eigenvalue weighted by Gasteiger charge is -2.29. The Bertz CT molecular complexity index is 949. The molecule has 2 heterocycles. The van der Waals surface area contributed by atoms with E-state index in [1.807, 2.05) is 0 Å². The number of benzene rings is 1. The first kappa shape index (κ1) is 15.7. The number of halogens is 1. The zero-order chi connectivity index (χ0) is 17.2. The lowest BCUT2D eigenvalue weighted by molar-refractivity contribution is 0.303. The van der Waals surface area contributed by atoms with Gasteiger partial charge in [0, 0.05) is 23.7 Å². The molecular weight excluding hydrogens is 321 g/mol. The Labute approximate surface area is 143 Å². The first-order valence-corrected chi connectivity index (χ1v) is 8.41. The minimum atomic E-state index is -0.302. The molecule has 1 aromatic carbocycles. The van der Waals surface area contributed by atoms with E-state index in [4.69, 9.17) is 0 Å². The summed E-state index contributed by atoms with van der Waals surface area (Å²) in [5, 5.41) is 8.28. The van der Waals surface area contributed by atoms with E-state index in [9.17, 15) is 9.18 Å². The lowest BCUT2D eigenvalue weighted by Crippen LogP contribution is -2.33. The zero-order valence-corrected chi connectivity index (χ0v) is 13.6. The van der Waals surface area contributed by atoms with Crippen LogP contribution in [0.3, 0.4) is 0 Å². The summed E-state index contributed by atoms with van der Waals surface area (Å²) in [7, 11) is 0. The molecule has 128 valence electrons. The average Bonchev–Trinajstić information content (AvgIpc) is 2.63. The highest BCUT2D eigenvalue weighted by Gasteiger charge is 2.24. The lowest BCUT2D eigenvalue weighted by atomic mass is 9.91. The van der Waals surface area contributed by atoms with Gasteiger partial charge in [-0.1, -0.05) is 0 Å². The van der Waals surface area contributed by atoms with Gasteiger partial charge in [0.1, 0.15) is 18.0 Å². The average molecular weight is 339 g/mol. The Morgan fingerprint density at radius 3 is 2.76 bits per heavy atom. The number of nitrogens with zero attached hydrogens (tertiary/aromatic N) is 4. The Morgan fingerprint density at radius 2 is 1.96 bits per heavy atom. The van der Waals surface area contributed by atoms with Crippen molar-refractivity contribution in [2.24, 2.45) is 0 Å². The van der Waals surface area contributed by atoms with Crippen molar-refractivity contribution in [1.29, 1.82) is 0 Å². The molecule has 0 aliphatic heterocycles. The van der Waals surface area contributed by atoms with Crippen LogP contribution in [0.5, 0.6) is 0 Å². The molecule has 1 N–H and O–H groups in total. The predicted molar refractivity (Wildman–Crippen MR) is 92.9 cm³/mol. The zero-order valence-electron chi connectivity index (χ0n) is 13.6. The third-order valence-corrected chi connectivity index (χ3v) is 4.72. The Hall–Kier alpha value is -2.83. The van der Waals surface area contributed by atoms with Crippen molar-refractivity contribution in [3.05, 3.63) is 59.0 Å². The molecule has 0 amide bonds. The van der Waals surface area contributed by atoms with Gasteiger partial charge in [0.25, 0.3) is 5.56 Å². The second kappa shape index (κ2) is 6.58. The van der Waals surface area contributed by atoms with E-state index < -0.39 is 0 Å². The molecule has 1 fully saturated rings. The molecule has 1 aliphatic rings. The molecule has 0 unspecified atom stereocenters. The van der Waals surface area contributed by atoms with E-state index in [1.165, 1.54) is 18.5 Å². The van der Waals surface area contributed by atoms with Gasteiger partial charge in [-0.05, 0) is 49.9 Å². The summed E-state index contributed by atoms with van der Waals surface area (Å²) >= 11 is 0. The second-order valence-electron chi connectivity index (χ2n) is 6.34. The van der Waals surface area contributed by atoms with Crippen LogP contribution < -0.4 is 10.9 Å². The van der Waals surface area contributed by atoms with Crippen LogP contribution in [-0.2, 0) is 0 Å². The molecule has 1 aliphatic carbocycles. The minimum Gasteiger partial charge on any atom is -0.367 e. The van der Waals surface area contributed by atoms with Gasteiger partial charge in [0.15, 0.2) is 0 Å². The van der Waals surface area contributed by atoms with E-state index in [2.05, 4.69) is 20.4 Å². The van der Waals surface area contributed by atoms with Gasteiger partial charge >= 0.3 is 0 Å². The molecule has 0 bridgehead atoms. The van der Waals surface area contributed by atoms with Crippen molar-refractivity contribution in [2.45, 2.75) is 37.8 Å². The normalized spacial score (nSPS) is 20.5. The van der Waals surface area contributed by atoms with E-state index in [0.29, 0.717) is 16.7 Å². The molecule has 0 spiro atoms. The van der Waals surface area contributed by atoms with Crippen LogP contribution in [0.2, 0.25) is 0 Å². The van der Waals surface area contributed by atoms with Gasteiger partial charge < -0.3 is 5.32 Å². The number of hydrogen-bond acceptors (Lipinski definition) is 5. The van der Waals surface area contributed by atoms with Crippen molar-refractivity contribution in [2.75, 3.05) is 5.32 Å². The van der Waals surface area contributed by atoms with E-state index in [0.717, 1.165) is 25.7 Å². The van der Waals surface area contributed by atoms with Crippen molar-refractivity contribution < 1.29 is 4.39 Å². The number of aromatic nitrogens is 4. The monoisotopic (exact) mass is 339 g/mol. The summed E-state index contributed by atoms with van der Waals surface area (Å²) in [6, 6.07) is 8.07. The van der Waals surface area contributed by atoms with Crippen LogP contribution in [0.25, 0.3) is 10.9 Å². The summed E-state index contributed by atoms with van der Waals surface area (Å²) in [5.74, 6) is 0.353. The molecule has 3 aromatic rings. The standard InChI is InChI=1S/C18H18FN5O/c19-12-3-8-16-15(10-12)18(21-11-20-16)23-13-4-6-14(7-5-13)24-17(25)2-1-9-22-24/h1-3,8-11,13-14H,4-7H2,(H,20,21,23). The number of fused-ring (bicyclic) bond motifs is 1. The fraction of sp³-hybridized carbons (Fsp3) is 0.333.